The van der Waals surface area contributed by atoms with Crippen molar-refractivity contribution in [3.8, 4) is 0 Å². The van der Waals surface area contributed by atoms with Crippen molar-refractivity contribution in [1.82, 2.24) is 4.90 Å². The number of hydrogen-bond donors (Lipinski definition) is 1. The largest absolute Gasteiger partial charge is 0.411 e. The molecule has 18 heavy (non-hydrogen) atoms. The first-order valence-corrected chi connectivity index (χ1v) is 7.88. The smallest absolute Gasteiger partial charge is 0.255 e. The van der Waals surface area contributed by atoms with Gasteiger partial charge in [0.1, 0.15) is 0 Å². The molecule has 98 valence electrons. The number of amides is 1. The van der Waals surface area contributed by atoms with E-state index in [1.54, 1.807) is 4.90 Å². The van der Waals surface area contributed by atoms with E-state index >= 15 is 0 Å². The Balaban J connectivity index is 2.14. The van der Waals surface area contributed by atoms with Gasteiger partial charge in [0.25, 0.3) is 5.91 Å². The number of nitrogens with zero attached hydrogens (tertiary/aromatic N) is 2. The lowest BCUT2D eigenvalue weighted by atomic mass is 9.97. The van der Waals surface area contributed by atoms with Gasteiger partial charge >= 0.3 is 0 Å². The van der Waals surface area contributed by atoms with Crippen molar-refractivity contribution in [3.63, 3.8) is 0 Å². The maximum Gasteiger partial charge on any atom is 0.255 e. The molecule has 2 heterocycles. The number of carbonyl (C=O) groups is 1. The summed E-state index contributed by atoms with van der Waals surface area (Å²) in [5, 5.41) is 12.1. The van der Waals surface area contributed by atoms with Gasteiger partial charge in [0.15, 0.2) is 0 Å². The van der Waals surface area contributed by atoms with E-state index in [2.05, 4.69) is 37.0 Å². The van der Waals surface area contributed by atoms with Crippen LogP contribution in [0.3, 0.4) is 0 Å². The summed E-state index contributed by atoms with van der Waals surface area (Å²) < 4.78 is 1.77. The van der Waals surface area contributed by atoms with Crippen LogP contribution in [-0.4, -0.2) is 34.8 Å². The maximum absolute atomic E-state index is 12.4. The highest BCUT2D eigenvalue weighted by molar-refractivity contribution is 9.12. The van der Waals surface area contributed by atoms with Crippen LogP contribution < -0.4 is 0 Å². The van der Waals surface area contributed by atoms with Gasteiger partial charge in [-0.1, -0.05) is 12.1 Å². The number of likely N-dealkylation sites (tertiary alicyclic amines) is 1. The molecule has 0 radical (unpaired) electrons. The third-order valence-corrected chi connectivity index (χ3v) is 5.34. The van der Waals surface area contributed by atoms with Gasteiger partial charge in [0, 0.05) is 25.4 Å². The molecule has 1 N–H and O–H groups in total. The van der Waals surface area contributed by atoms with Crippen LogP contribution >= 0.6 is 43.2 Å². The Labute approximate surface area is 126 Å². The van der Waals surface area contributed by atoms with Crippen LogP contribution in [0.15, 0.2) is 18.8 Å². The molecule has 1 aliphatic rings. The molecule has 1 fully saturated rings. The summed E-state index contributed by atoms with van der Waals surface area (Å²) in [6, 6.07) is 1.83. The molecule has 0 saturated carbocycles. The molecule has 7 heteroatoms. The lowest BCUT2D eigenvalue weighted by Gasteiger charge is -2.31. The van der Waals surface area contributed by atoms with Gasteiger partial charge in [-0.05, 0) is 37.9 Å². The van der Waals surface area contributed by atoms with Crippen molar-refractivity contribution in [3.05, 3.63) is 19.2 Å². The normalized spacial score (nSPS) is 22.5. The van der Waals surface area contributed by atoms with Crippen molar-refractivity contribution in [2.75, 3.05) is 13.1 Å². The minimum absolute atomic E-state index is 0.0210. The van der Waals surface area contributed by atoms with Gasteiger partial charge in [-0.15, -0.1) is 11.3 Å². The molecule has 1 aromatic heterocycles. The summed E-state index contributed by atoms with van der Waals surface area (Å²) >= 11 is 8.27. The van der Waals surface area contributed by atoms with Crippen molar-refractivity contribution < 1.29 is 10.0 Å². The van der Waals surface area contributed by atoms with Crippen LogP contribution in [0.1, 0.15) is 23.7 Å². The lowest BCUT2D eigenvalue weighted by Crippen LogP contribution is -2.43. The van der Waals surface area contributed by atoms with E-state index in [0.717, 1.165) is 13.3 Å². The second kappa shape index (κ2) is 5.71. The highest BCUT2D eigenvalue weighted by Gasteiger charge is 2.28. The molecular weight excluding hydrogens is 384 g/mol. The molecule has 1 atom stereocenters. The quantitative estimate of drug-likeness (QED) is 0.583. The lowest BCUT2D eigenvalue weighted by molar-refractivity contribution is 0.0733. The van der Waals surface area contributed by atoms with Crippen LogP contribution in [0, 0.1) is 5.92 Å². The Morgan fingerprint density at radius 1 is 1.61 bits per heavy atom. The molecule has 1 aliphatic heterocycles. The van der Waals surface area contributed by atoms with Crippen LogP contribution in [0.5, 0.6) is 0 Å². The number of hydrogen-bond acceptors (Lipinski definition) is 4. The molecule has 0 aliphatic carbocycles. The second-order valence-electron chi connectivity index (χ2n) is 4.23. The van der Waals surface area contributed by atoms with E-state index in [1.165, 1.54) is 11.3 Å². The van der Waals surface area contributed by atoms with Crippen molar-refractivity contribution in [1.29, 1.82) is 0 Å². The molecule has 2 rings (SSSR count). The molecule has 1 unspecified atom stereocenters. The Hall–Kier alpha value is -0.400. The number of thiophene rings is 1. The summed E-state index contributed by atoms with van der Waals surface area (Å²) in [5.74, 6) is 0.126. The Morgan fingerprint density at radius 2 is 2.33 bits per heavy atom. The van der Waals surface area contributed by atoms with E-state index in [9.17, 15) is 4.79 Å². The average Bonchev–Trinajstić information content (AvgIpc) is 2.67. The van der Waals surface area contributed by atoms with Gasteiger partial charge in [0.2, 0.25) is 0 Å². The maximum atomic E-state index is 12.4. The van der Waals surface area contributed by atoms with Crippen LogP contribution in [0.4, 0.5) is 0 Å². The first-order chi connectivity index (χ1) is 8.52. The minimum Gasteiger partial charge on any atom is -0.411 e. The predicted molar refractivity (Wildman–Crippen MR) is 78.6 cm³/mol. The fourth-order valence-electron chi connectivity index (χ4n) is 2.01. The second-order valence-corrected chi connectivity index (χ2v) is 7.98. The summed E-state index contributed by atoms with van der Waals surface area (Å²) in [4.78, 5) is 14.2. The highest BCUT2D eigenvalue weighted by Crippen LogP contribution is 2.33. The molecule has 1 saturated heterocycles. The SMILES string of the molecule is CC1CN(C(=O)c2cc(Br)sc2Br)CC/C1=N\O. The van der Waals surface area contributed by atoms with E-state index < -0.39 is 0 Å². The monoisotopic (exact) mass is 394 g/mol. The van der Waals surface area contributed by atoms with Crippen molar-refractivity contribution in [2.24, 2.45) is 11.1 Å². The first kappa shape index (κ1) is 14.0. The molecule has 0 spiro atoms. The van der Waals surface area contributed by atoms with E-state index in [-0.39, 0.29) is 11.8 Å². The summed E-state index contributed by atoms with van der Waals surface area (Å²) in [5.41, 5.74) is 1.45. The van der Waals surface area contributed by atoms with Gasteiger partial charge in [0.05, 0.1) is 18.8 Å². The Morgan fingerprint density at radius 3 is 2.83 bits per heavy atom. The third kappa shape index (κ3) is 2.78. The predicted octanol–water partition coefficient (Wildman–Crippen LogP) is 3.59. The number of oxime groups is 1. The van der Waals surface area contributed by atoms with Crippen LogP contribution in [0.2, 0.25) is 0 Å². The molecule has 4 nitrogen and oxygen atoms in total. The summed E-state index contributed by atoms with van der Waals surface area (Å²) in [7, 11) is 0. The number of rotatable bonds is 1. The number of piperidine rings is 1. The van der Waals surface area contributed by atoms with E-state index in [0.29, 0.717) is 25.1 Å². The zero-order chi connectivity index (χ0) is 13.3. The van der Waals surface area contributed by atoms with Crippen LogP contribution in [0.25, 0.3) is 0 Å². The number of carbonyl (C=O) groups excluding carboxylic acids is 1. The standard InChI is InChI=1S/C11H12Br2N2O2S/c1-6-5-15(3-2-8(6)14-17)11(16)7-4-9(12)18-10(7)13/h4,6,17H,2-3,5H2,1H3/b14-8+. The van der Waals surface area contributed by atoms with E-state index in [1.807, 2.05) is 13.0 Å². The van der Waals surface area contributed by atoms with Crippen LogP contribution in [-0.2, 0) is 0 Å². The zero-order valence-electron chi connectivity index (χ0n) is 9.69. The van der Waals surface area contributed by atoms with Crippen molar-refractivity contribution >= 4 is 54.8 Å². The van der Waals surface area contributed by atoms with Crippen molar-refractivity contribution in [2.45, 2.75) is 13.3 Å². The topological polar surface area (TPSA) is 52.9 Å². The molecule has 1 aromatic rings. The van der Waals surface area contributed by atoms with Gasteiger partial charge in [-0.25, -0.2) is 0 Å². The zero-order valence-corrected chi connectivity index (χ0v) is 13.7. The highest BCUT2D eigenvalue weighted by atomic mass is 79.9. The molecular formula is C11H12Br2N2O2S. The third-order valence-electron chi connectivity index (χ3n) is 3.00. The van der Waals surface area contributed by atoms with Gasteiger partial charge in [-0.2, -0.15) is 0 Å². The average molecular weight is 396 g/mol. The van der Waals surface area contributed by atoms with Gasteiger partial charge < -0.3 is 10.1 Å². The molecule has 0 aromatic carbocycles. The summed E-state index contributed by atoms with van der Waals surface area (Å²) in [6.07, 6.45) is 0.631. The Kier molecular flexibility index (Phi) is 4.45. The Bertz CT molecular complexity index is 501. The number of halogens is 2. The summed E-state index contributed by atoms with van der Waals surface area (Å²) in [6.45, 7) is 3.16. The van der Waals surface area contributed by atoms with Gasteiger partial charge in [-0.3, -0.25) is 4.79 Å². The first-order valence-electron chi connectivity index (χ1n) is 5.48. The minimum atomic E-state index is 0.0210. The molecule has 0 bridgehead atoms. The fourth-order valence-corrected chi connectivity index (χ4v) is 4.79. The fraction of sp³-hybridized carbons (Fsp3) is 0.455. The van der Waals surface area contributed by atoms with E-state index in [4.69, 9.17) is 5.21 Å². The molecule has 1 amide bonds.